The van der Waals surface area contributed by atoms with Gasteiger partial charge < -0.3 is 0 Å². The van der Waals surface area contributed by atoms with Crippen molar-refractivity contribution in [3.63, 3.8) is 0 Å². The lowest BCUT2D eigenvalue weighted by Crippen LogP contribution is -1.81. The highest BCUT2D eigenvalue weighted by molar-refractivity contribution is 9.11. The van der Waals surface area contributed by atoms with Crippen molar-refractivity contribution in [1.82, 2.24) is 4.98 Å². The van der Waals surface area contributed by atoms with Gasteiger partial charge >= 0.3 is 0 Å². The van der Waals surface area contributed by atoms with Crippen LogP contribution in [0.1, 0.15) is 24.6 Å². The van der Waals surface area contributed by atoms with E-state index in [0.717, 1.165) is 8.52 Å². The van der Waals surface area contributed by atoms with Crippen LogP contribution in [-0.4, -0.2) is 4.98 Å². The maximum atomic E-state index is 4.18. The number of thiazole rings is 1. The second-order valence-electron chi connectivity index (χ2n) is 2.28. The van der Waals surface area contributed by atoms with Gasteiger partial charge in [0.15, 0.2) is 3.92 Å². The quantitative estimate of drug-likeness (QED) is 0.765. The maximum absolute atomic E-state index is 4.18. The van der Waals surface area contributed by atoms with Crippen molar-refractivity contribution in [2.45, 2.75) is 19.8 Å². The Labute approximate surface area is 81.1 Å². The smallest absolute Gasteiger partial charge is 0.160 e. The summed E-state index contributed by atoms with van der Waals surface area (Å²) in [6, 6.07) is 0. The minimum absolute atomic E-state index is 0.554. The van der Waals surface area contributed by atoms with Crippen LogP contribution in [0.15, 0.2) is 8.52 Å². The molecule has 0 aliphatic rings. The van der Waals surface area contributed by atoms with Crippen molar-refractivity contribution in [2.24, 2.45) is 0 Å². The molecule has 0 N–H and O–H groups in total. The number of hydrogen-bond donors (Lipinski definition) is 0. The number of nitrogens with zero attached hydrogens (tertiary/aromatic N) is 1. The van der Waals surface area contributed by atoms with Gasteiger partial charge in [-0.2, -0.15) is 0 Å². The average molecular weight is 285 g/mol. The fraction of sp³-hybridized carbons (Fsp3) is 0.500. The standard InChI is InChI=1S/C6H7Br2NS/c1-3(2)4-5(7)9-6(8)10-4/h3H,1-2H3. The molecule has 1 rings (SSSR count). The number of hydrogen-bond acceptors (Lipinski definition) is 2. The van der Waals surface area contributed by atoms with E-state index in [1.807, 2.05) is 0 Å². The molecule has 0 aliphatic carbocycles. The minimum atomic E-state index is 0.554. The lowest BCUT2D eigenvalue weighted by Gasteiger charge is -1.97. The molecule has 56 valence electrons. The van der Waals surface area contributed by atoms with Gasteiger partial charge in [-0.15, -0.1) is 11.3 Å². The van der Waals surface area contributed by atoms with E-state index in [1.54, 1.807) is 11.3 Å². The zero-order valence-electron chi connectivity index (χ0n) is 5.69. The molecule has 0 aliphatic heterocycles. The fourth-order valence-electron chi connectivity index (χ4n) is 0.644. The SMILES string of the molecule is CC(C)c1sc(Br)nc1Br. The molecule has 0 radical (unpaired) electrons. The van der Waals surface area contributed by atoms with Crippen molar-refractivity contribution in [2.75, 3.05) is 0 Å². The molecule has 0 saturated carbocycles. The second-order valence-corrected chi connectivity index (χ2v) is 5.33. The second kappa shape index (κ2) is 3.32. The normalized spacial score (nSPS) is 10.9. The van der Waals surface area contributed by atoms with Crippen LogP contribution in [0.4, 0.5) is 0 Å². The molecule has 0 aromatic carbocycles. The Hall–Kier alpha value is 0.590. The van der Waals surface area contributed by atoms with Crippen molar-refractivity contribution in [3.8, 4) is 0 Å². The zero-order chi connectivity index (χ0) is 7.72. The molecule has 1 aromatic heterocycles. The molecule has 0 bridgehead atoms. The number of rotatable bonds is 1. The van der Waals surface area contributed by atoms with Gasteiger partial charge in [-0.25, -0.2) is 4.98 Å². The summed E-state index contributed by atoms with van der Waals surface area (Å²) in [5.74, 6) is 0.554. The molecule has 0 fully saturated rings. The van der Waals surface area contributed by atoms with E-state index in [0.29, 0.717) is 5.92 Å². The van der Waals surface area contributed by atoms with Gasteiger partial charge in [0, 0.05) is 4.88 Å². The van der Waals surface area contributed by atoms with Crippen molar-refractivity contribution in [1.29, 1.82) is 0 Å². The summed E-state index contributed by atoms with van der Waals surface area (Å²) in [5, 5.41) is 0. The topological polar surface area (TPSA) is 12.9 Å². The third kappa shape index (κ3) is 1.80. The predicted octanol–water partition coefficient (Wildman–Crippen LogP) is 3.79. The Morgan fingerprint density at radius 1 is 1.40 bits per heavy atom. The first-order valence-corrected chi connectivity index (χ1v) is 5.33. The van der Waals surface area contributed by atoms with Crippen LogP contribution in [0.3, 0.4) is 0 Å². The van der Waals surface area contributed by atoms with E-state index in [4.69, 9.17) is 0 Å². The number of halogens is 2. The summed E-state index contributed by atoms with van der Waals surface area (Å²) >= 11 is 8.40. The first-order valence-electron chi connectivity index (χ1n) is 2.93. The number of aromatic nitrogens is 1. The summed E-state index contributed by atoms with van der Waals surface area (Å²) in [6.07, 6.45) is 0. The molecule has 0 spiro atoms. The largest absolute Gasteiger partial charge is 0.222 e. The maximum Gasteiger partial charge on any atom is 0.160 e. The molecule has 0 saturated heterocycles. The van der Waals surface area contributed by atoms with Gasteiger partial charge in [0.05, 0.1) is 0 Å². The molecule has 1 heterocycles. The van der Waals surface area contributed by atoms with Gasteiger partial charge in [0.25, 0.3) is 0 Å². The molecular formula is C6H7Br2NS. The Bertz CT molecular complexity index is 232. The van der Waals surface area contributed by atoms with Crippen LogP contribution < -0.4 is 0 Å². The van der Waals surface area contributed by atoms with E-state index < -0.39 is 0 Å². The van der Waals surface area contributed by atoms with E-state index in [9.17, 15) is 0 Å². The highest BCUT2D eigenvalue weighted by atomic mass is 79.9. The highest BCUT2D eigenvalue weighted by Gasteiger charge is 2.09. The van der Waals surface area contributed by atoms with Crippen molar-refractivity contribution >= 4 is 43.2 Å². The summed E-state index contributed by atoms with van der Waals surface area (Å²) in [7, 11) is 0. The highest BCUT2D eigenvalue weighted by Crippen LogP contribution is 2.32. The molecule has 10 heavy (non-hydrogen) atoms. The van der Waals surface area contributed by atoms with Crippen molar-refractivity contribution in [3.05, 3.63) is 13.4 Å². The summed E-state index contributed by atoms with van der Waals surface area (Å²) in [6.45, 7) is 4.31. The summed E-state index contributed by atoms with van der Waals surface area (Å²) < 4.78 is 1.92. The fourth-order valence-corrected chi connectivity index (χ4v) is 3.26. The van der Waals surface area contributed by atoms with Crippen LogP contribution in [-0.2, 0) is 0 Å². The third-order valence-electron chi connectivity index (χ3n) is 1.11. The lowest BCUT2D eigenvalue weighted by molar-refractivity contribution is 0.878. The average Bonchev–Trinajstić information content (AvgIpc) is 2.10. The van der Waals surface area contributed by atoms with Crippen LogP contribution >= 0.6 is 43.2 Å². The molecule has 1 nitrogen and oxygen atoms in total. The molecule has 4 heteroatoms. The molecule has 1 aromatic rings. The lowest BCUT2D eigenvalue weighted by atomic mass is 10.2. The molecule has 0 atom stereocenters. The van der Waals surface area contributed by atoms with Gasteiger partial charge in [0.1, 0.15) is 4.60 Å². The monoisotopic (exact) mass is 283 g/mol. The Morgan fingerprint density at radius 2 is 2.00 bits per heavy atom. The zero-order valence-corrected chi connectivity index (χ0v) is 9.68. The minimum Gasteiger partial charge on any atom is -0.222 e. The Balaban J connectivity index is 3.03. The van der Waals surface area contributed by atoms with E-state index >= 15 is 0 Å². The molecular weight excluding hydrogens is 278 g/mol. The summed E-state index contributed by atoms with van der Waals surface area (Å²) in [5.41, 5.74) is 0. The van der Waals surface area contributed by atoms with Crippen LogP contribution in [0.5, 0.6) is 0 Å². The van der Waals surface area contributed by atoms with Gasteiger partial charge in [0.2, 0.25) is 0 Å². The van der Waals surface area contributed by atoms with Gasteiger partial charge in [-0.1, -0.05) is 13.8 Å². The Morgan fingerprint density at radius 3 is 2.20 bits per heavy atom. The van der Waals surface area contributed by atoms with Crippen LogP contribution in [0.2, 0.25) is 0 Å². The van der Waals surface area contributed by atoms with Gasteiger partial charge in [-0.05, 0) is 37.8 Å². The van der Waals surface area contributed by atoms with Crippen molar-refractivity contribution < 1.29 is 0 Å². The van der Waals surface area contributed by atoms with E-state index in [-0.39, 0.29) is 0 Å². The van der Waals surface area contributed by atoms with Crippen LogP contribution in [0.25, 0.3) is 0 Å². The predicted molar refractivity (Wildman–Crippen MR) is 51.6 cm³/mol. The Kier molecular flexibility index (Phi) is 2.89. The van der Waals surface area contributed by atoms with Crippen LogP contribution in [0, 0.1) is 0 Å². The van der Waals surface area contributed by atoms with E-state index in [1.165, 1.54) is 4.88 Å². The molecule has 0 amide bonds. The van der Waals surface area contributed by atoms with Gasteiger partial charge in [-0.3, -0.25) is 0 Å². The van der Waals surface area contributed by atoms with E-state index in [2.05, 4.69) is 50.7 Å². The first kappa shape index (κ1) is 8.68. The molecule has 0 unspecified atom stereocenters. The third-order valence-corrected chi connectivity index (χ3v) is 3.78. The summed E-state index contributed by atoms with van der Waals surface area (Å²) in [4.78, 5) is 5.48. The first-order chi connectivity index (χ1) is 4.61.